The normalized spacial score (nSPS) is 23.5. The van der Waals surface area contributed by atoms with E-state index >= 15 is 0 Å². The summed E-state index contributed by atoms with van der Waals surface area (Å²) in [7, 11) is -3.55. The second kappa shape index (κ2) is 64.3. The quantitative estimate of drug-likeness (QED) is 0.00794. The number of aliphatic hydroxyl groups is 2. The number of amides is 7. The van der Waals surface area contributed by atoms with Crippen molar-refractivity contribution in [2.45, 2.75) is 594 Å². The van der Waals surface area contributed by atoms with E-state index in [0.717, 1.165) is 70.5 Å². The van der Waals surface area contributed by atoms with Crippen LogP contribution in [0.5, 0.6) is 0 Å². The number of hydrogen-bond acceptors (Lipinski definition) is 27. The molecule has 0 bridgehead atoms. The molecule has 6 aliphatic heterocycles. The molecule has 862 valence electrons. The third-order valence-electron chi connectivity index (χ3n) is 22.8. The summed E-state index contributed by atoms with van der Waals surface area (Å²) in [5, 5.41) is 25.0. The molecule has 9 unspecified atom stereocenters. The van der Waals surface area contributed by atoms with Gasteiger partial charge in [0.1, 0.15) is 74.1 Å². The second-order valence-corrected chi connectivity index (χ2v) is 54.3. The van der Waals surface area contributed by atoms with Gasteiger partial charge in [-0.25, -0.2) is 33.6 Å². The van der Waals surface area contributed by atoms with Gasteiger partial charge in [0.2, 0.25) is 0 Å². The Morgan fingerprint density at radius 1 is 0.423 bits per heavy atom. The number of alkyl carbamates (subject to hydrolysis) is 2. The number of aldehydes is 1. The summed E-state index contributed by atoms with van der Waals surface area (Å²) >= 11 is 2.89. The molecule has 6 aliphatic rings. The van der Waals surface area contributed by atoms with Crippen molar-refractivity contribution in [3.8, 4) is 0 Å². The molecule has 6 heterocycles. The molecule has 6 rings (SSSR count). The van der Waals surface area contributed by atoms with E-state index in [1.807, 2.05) is 235 Å². The van der Waals surface area contributed by atoms with Gasteiger partial charge in [0.25, 0.3) is 10.1 Å². The first-order chi connectivity index (χ1) is 66.5. The summed E-state index contributed by atoms with van der Waals surface area (Å²) in [6.45, 7) is 99.2. The molecular weight excluding hydrogens is 1960 g/mol. The van der Waals surface area contributed by atoms with Crippen molar-refractivity contribution in [2.24, 2.45) is 47.2 Å². The van der Waals surface area contributed by atoms with Crippen LogP contribution in [0.1, 0.15) is 423 Å². The van der Waals surface area contributed by atoms with E-state index in [-0.39, 0.29) is 133 Å². The SMILES string of the molecule is C=CC[C@H](O)C(CC(C)C)NC(=O)OC(C)(C)C.CC(C)CC(C=O)NC(=O)OC(C)(C)C.CC(C)CC1[C@H](CC(C)O)OC(C)(C)N1C(=O)OC(C)(C)C.CC(C)CC1[C@H](CC2CO2)OC(C)(C)N1C(=O)OC(C)(C)C.CC(C)CC1[C@H](C[C@@H](C)OS(C)(=O)=O)OC(C)(C)N1C(=O)OC(C)(C)C.CC(C)CC1[C@H](C[C@H](C)N)OC(C)(C)N1C(=O)OC(C)(C)C.C[CH-]C[C@@H]1OC(C)(C)N(C(=O)OC(C)(C)C)C1CC(C)C.[Na+].[Na][Na]. The van der Waals surface area contributed by atoms with Gasteiger partial charge in [0, 0.05) is 25.3 Å². The first kappa shape index (κ1) is 150. The number of carbonyl (C=O) groups excluding carboxylic acids is 8. The number of rotatable bonds is 32. The topological polar surface area (TPSA) is 410 Å². The summed E-state index contributed by atoms with van der Waals surface area (Å²) in [6, 6.07) is -0.937. The Morgan fingerprint density at radius 3 is 0.913 bits per heavy atom. The summed E-state index contributed by atoms with van der Waals surface area (Å²) in [5.41, 5.74) is -1.32. The van der Waals surface area contributed by atoms with Gasteiger partial charge >= 0.3 is 116 Å². The maximum absolute atomic E-state index is 12.8. The van der Waals surface area contributed by atoms with Gasteiger partial charge in [-0.2, -0.15) is 21.8 Å². The van der Waals surface area contributed by atoms with Gasteiger partial charge in [0.15, 0.2) is 0 Å². The van der Waals surface area contributed by atoms with Gasteiger partial charge < -0.3 is 99.4 Å². The van der Waals surface area contributed by atoms with Crippen LogP contribution in [0.15, 0.2) is 12.7 Å². The molecule has 6 N–H and O–H groups in total. The molecule has 0 saturated carbocycles. The number of nitrogens with zero attached hydrogens (tertiary/aromatic N) is 5. The number of nitrogens with two attached hydrogens (primary N) is 1. The third kappa shape index (κ3) is 61.7. The van der Waals surface area contributed by atoms with Crippen molar-refractivity contribution in [3.05, 3.63) is 19.1 Å². The summed E-state index contributed by atoms with van der Waals surface area (Å²) in [4.78, 5) is 106. The Bertz CT molecular complexity index is 3880. The van der Waals surface area contributed by atoms with Crippen LogP contribution in [0.4, 0.5) is 33.6 Å². The molecule has 0 spiro atoms. The monoisotopic (exact) mass is 2180 g/mol. The summed E-state index contributed by atoms with van der Waals surface area (Å²) in [5.74, 6) is 2.93. The molecule has 0 aliphatic carbocycles. The van der Waals surface area contributed by atoms with E-state index in [9.17, 15) is 57.0 Å². The summed E-state index contributed by atoms with van der Waals surface area (Å²) < 4.78 is 102. The van der Waals surface area contributed by atoms with Gasteiger partial charge in [0.05, 0.1) is 110 Å². The van der Waals surface area contributed by atoms with Crippen LogP contribution in [0.2, 0.25) is 0 Å². The molecule has 0 aromatic carbocycles. The Kier molecular flexibility index (Phi) is 64.7. The molecule has 0 aromatic heterocycles. The Labute approximate surface area is 954 Å². The third-order valence-corrected chi connectivity index (χ3v) is 23.4. The number of nitrogens with one attached hydrogen (secondary N) is 2. The average molecular weight is 2180 g/mol. The minimum absolute atomic E-state index is 0. The average Bonchev–Trinajstić information content (AvgIpc) is 1.62. The zero-order chi connectivity index (χ0) is 117. The number of carbonyl (C=O) groups is 8. The predicted molar refractivity (Wildman–Crippen MR) is 588 cm³/mol. The zero-order valence-electron chi connectivity index (χ0n) is 104. The number of hydrogen-bond donors (Lipinski definition) is 5. The van der Waals surface area contributed by atoms with Crippen molar-refractivity contribution in [1.29, 1.82) is 0 Å². The Morgan fingerprint density at radius 2 is 0.678 bits per heavy atom. The van der Waals surface area contributed by atoms with Crippen molar-refractivity contribution < 1.29 is 152 Å². The zero-order valence-corrected chi connectivity index (χ0v) is 110. The molecule has 0 aromatic rings. The van der Waals surface area contributed by atoms with Crippen LogP contribution < -0.4 is 45.9 Å². The van der Waals surface area contributed by atoms with E-state index in [1.54, 1.807) is 65.2 Å². The molecule has 38 heteroatoms. The van der Waals surface area contributed by atoms with E-state index in [4.69, 9.17) is 71.5 Å². The fraction of sp³-hybridized carbons (Fsp3) is 0.901. The Balaban J connectivity index is -0.00000167. The van der Waals surface area contributed by atoms with Crippen molar-refractivity contribution in [3.63, 3.8) is 0 Å². The second-order valence-electron chi connectivity index (χ2n) is 52.7. The van der Waals surface area contributed by atoms with Crippen LogP contribution in [0, 0.1) is 47.8 Å². The fourth-order valence-electron chi connectivity index (χ4n) is 18.2. The first-order valence-corrected chi connectivity index (χ1v) is 64.3. The van der Waals surface area contributed by atoms with Crippen LogP contribution in [-0.4, -0.2) is 320 Å². The molecule has 6 fully saturated rings. The molecular formula is C111H213N8Na3O26S. The molecule has 34 nitrogen and oxygen atoms in total. The number of epoxide rings is 1. The van der Waals surface area contributed by atoms with Crippen LogP contribution in [0.25, 0.3) is 0 Å². The van der Waals surface area contributed by atoms with Crippen LogP contribution in [0.3, 0.4) is 0 Å². The summed E-state index contributed by atoms with van der Waals surface area (Å²) in [6.07, 6.45) is 10.3. The first-order valence-electron chi connectivity index (χ1n) is 54.5. The number of aliphatic hydroxyl groups excluding tert-OH is 2. The van der Waals surface area contributed by atoms with Crippen LogP contribution >= 0.6 is 0 Å². The van der Waals surface area contributed by atoms with E-state index in [2.05, 4.69) is 92.9 Å². The van der Waals surface area contributed by atoms with E-state index in [0.29, 0.717) is 73.5 Å². The predicted octanol–water partition coefficient (Wildman–Crippen LogP) is 19.8. The number of ether oxygens (including phenoxy) is 13. The van der Waals surface area contributed by atoms with Crippen LogP contribution in [-0.2, 0) is 80.7 Å². The minimum atomic E-state index is -3.55. The van der Waals surface area contributed by atoms with Gasteiger partial charge in [-0.3, -0.25) is 28.7 Å². The molecule has 6 saturated heterocycles. The van der Waals surface area contributed by atoms with E-state index in [1.165, 1.54) is 43.6 Å². The Hall–Kier alpha value is -3.15. The van der Waals surface area contributed by atoms with Crippen molar-refractivity contribution in [1.82, 2.24) is 35.1 Å². The van der Waals surface area contributed by atoms with Gasteiger partial charge in [-0.05, 0) is 335 Å². The molecule has 17 atom stereocenters. The standard InChI is InChI=1S/C18H35NO6S.C17H34N2O3.C17H31NO4.C17H33NO4.C17H32NO3.C14H27NO3.C11H21NO3.3Na/c1-12(2)10-14-15(11-13(3)25-26(9,21)22)23-18(7,8)19(14)16(20)24-17(4,5)6;1-11(2)9-13-14(10-12(3)18)21-17(7,8)19(13)15(20)22-16(4,5)6;1-11(2)8-13-14(9-12-10-20-12)21-17(6,7)18(13)15(19)22-16(3,4)5;1-11(2)9-13-14(10-12(3)19)21-17(7,8)18(13)15(20)22-16(4,5)6;1-9-10-14-13(11-12(2)3)18(17(7,8)20-14)15(19)21-16(4,5)6;1-7-8-12(16)11(9-10(2)3)15-13(17)18-14(4,5)6;1-8(2)6-9(7-13)12-10(14)15-11(3,4)5;;;/h12-15H,10-11H2,1-9H3;11-14H,9-10,18H2,1-8H3;11-14H,8-10H2,1-7H3;11-14,19H,9-10H2,1-8H3;9,12-14H,10-11H2,1-8H3;7,10-12,16H,1,8-9H2,2-6H3,(H,15,17);7-9H,6H2,1-5H3,(H,12,14);;;/q;;;;-1;;;;;+1/t13-,14?,15+;12-,13?,14-;2*12?,13?,14-;13?,14-;11?,12-;;;;/m100000..../s1. The van der Waals surface area contributed by atoms with Crippen molar-refractivity contribution in [2.75, 3.05) is 12.9 Å². The van der Waals surface area contributed by atoms with Gasteiger partial charge in [-0.1, -0.05) is 103 Å². The molecule has 7 amide bonds. The molecule has 149 heavy (non-hydrogen) atoms. The molecule has 0 radical (unpaired) electrons. The fourth-order valence-corrected chi connectivity index (χ4v) is 18.9. The maximum atomic E-state index is 12.8. The van der Waals surface area contributed by atoms with Crippen molar-refractivity contribution >= 4 is 103 Å². The van der Waals surface area contributed by atoms with E-state index < -0.39 is 121 Å². The van der Waals surface area contributed by atoms with Gasteiger partial charge in [-0.15, -0.1) is 6.58 Å².